The average molecular weight is 306 g/mol. The first-order chi connectivity index (χ1) is 10.2. The van der Waals surface area contributed by atoms with Crippen LogP contribution in [0.25, 0.3) is 0 Å². The minimum absolute atomic E-state index is 0.103. The van der Waals surface area contributed by atoms with Crippen LogP contribution in [0.4, 0.5) is 0 Å². The van der Waals surface area contributed by atoms with E-state index >= 15 is 0 Å². The number of rotatable bonds is 7. The second-order valence-electron chi connectivity index (χ2n) is 4.50. The largest absolute Gasteiger partial charge is 0.457 e. The Hall–Kier alpha value is -1.89. The summed E-state index contributed by atoms with van der Waals surface area (Å²) in [6.07, 6.45) is 0.923. The molecule has 0 fully saturated rings. The molecule has 1 atom stereocenters. The minimum atomic E-state index is -0.275. The molecular weight excluding hydrogens is 288 g/mol. The van der Waals surface area contributed by atoms with E-state index in [1.165, 1.54) is 11.8 Å². The number of hydrogen-bond donors (Lipinski definition) is 0. The van der Waals surface area contributed by atoms with E-state index in [0.29, 0.717) is 12.4 Å². The highest BCUT2D eigenvalue weighted by molar-refractivity contribution is 8.00. The molecule has 0 saturated carbocycles. The second-order valence-corrected chi connectivity index (χ2v) is 5.91. The van der Waals surface area contributed by atoms with Crippen molar-refractivity contribution in [2.75, 3.05) is 0 Å². The van der Waals surface area contributed by atoms with Crippen LogP contribution in [-0.4, -0.2) is 31.4 Å². The lowest BCUT2D eigenvalue weighted by Crippen LogP contribution is -2.18. The Morgan fingerprint density at radius 1 is 1.38 bits per heavy atom. The monoisotopic (exact) mass is 306 g/mol. The first-order valence-corrected chi connectivity index (χ1v) is 7.72. The summed E-state index contributed by atoms with van der Waals surface area (Å²) in [6.45, 7) is 4.69. The van der Waals surface area contributed by atoms with Crippen LogP contribution in [0.5, 0.6) is 0 Å². The maximum absolute atomic E-state index is 12.0. The Kier molecular flexibility index (Phi) is 5.74. The molecule has 2 rings (SSSR count). The maximum atomic E-state index is 12.0. The third-order valence-corrected chi connectivity index (χ3v) is 3.86. The van der Waals surface area contributed by atoms with E-state index in [1.54, 1.807) is 4.68 Å². The van der Waals surface area contributed by atoms with Gasteiger partial charge in [-0.3, -0.25) is 4.79 Å². The Balaban J connectivity index is 1.85. The van der Waals surface area contributed by atoms with Crippen molar-refractivity contribution in [1.82, 2.24) is 20.2 Å². The van der Waals surface area contributed by atoms with Crippen molar-refractivity contribution in [3.63, 3.8) is 0 Å². The second kappa shape index (κ2) is 7.78. The number of aryl methyl sites for hydroxylation is 1. The van der Waals surface area contributed by atoms with Crippen LogP contribution in [0.2, 0.25) is 0 Å². The highest BCUT2D eigenvalue weighted by Gasteiger charge is 2.17. The van der Waals surface area contributed by atoms with Crippen LogP contribution in [-0.2, 0) is 22.7 Å². The fraction of sp³-hybridized carbons (Fsp3) is 0.429. The van der Waals surface area contributed by atoms with E-state index in [4.69, 9.17) is 4.74 Å². The van der Waals surface area contributed by atoms with E-state index in [-0.39, 0.29) is 17.8 Å². The number of hydrogen-bond acceptors (Lipinski definition) is 6. The van der Waals surface area contributed by atoms with E-state index in [0.717, 1.165) is 11.3 Å². The van der Waals surface area contributed by atoms with Gasteiger partial charge in [-0.2, -0.15) is 0 Å². The number of carbonyl (C=O) groups is 1. The number of aromatic nitrogens is 4. The first-order valence-electron chi connectivity index (χ1n) is 6.84. The average Bonchev–Trinajstić information content (AvgIpc) is 2.93. The Labute approximate surface area is 127 Å². The van der Waals surface area contributed by atoms with E-state index in [1.807, 2.05) is 44.2 Å². The van der Waals surface area contributed by atoms with Gasteiger partial charge in [0, 0.05) is 11.4 Å². The maximum Gasteiger partial charge on any atom is 0.319 e. The highest BCUT2D eigenvalue weighted by atomic mass is 32.2. The number of benzene rings is 1. The summed E-state index contributed by atoms with van der Waals surface area (Å²) in [5.74, 6) is 0.303. The van der Waals surface area contributed by atoms with Gasteiger partial charge in [-0.05, 0) is 35.9 Å². The molecule has 0 aliphatic heterocycles. The SMILES string of the molecule is CCCn1nnnc1COC(=O)C(C)Sc1ccccc1. The molecule has 1 aromatic carbocycles. The molecule has 0 amide bonds. The van der Waals surface area contributed by atoms with Gasteiger partial charge in [0.1, 0.15) is 5.25 Å². The topological polar surface area (TPSA) is 69.9 Å². The van der Waals surface area contributed by atoms with Gasteiger partial charge in [0.05, 0.1) is 0 Å². The van der Waals surface area contributed by atoms with Gasteiger partial charge < -0.3 is 4.74 Å². The van der Waals surface area contributed by atoms with Crippen LogP contribution in [0, 0.1) is 0 Å². The van der Waals surface area contributed by atoms with Crippen LogP contribution < -0.4 is 0 Å². The molecule has 0 bridgehead atoms. The predicted molar refractivity (Wildman–Crippen MR) is 79.7 cm³/mol. The molecule has 1 unspecified atom stereocenters. The van der Waals surface area contributed by atoms with Crippen molar-refractivity contribution in [3.8, 4) is 0 Å². The summed E-state index contributed by atoms with van der Waals surface area (Å²) in [4.78, 5) is 13.0. The van der Waals surface area contributed by atoms with Gasteiger partial charge in [0.15, 0.2) is 12.4 Å². The zero-order valence-electron chi connectivity index (χ0n) is 12.1. The van der Waals surface area contributed by atoms with E-state index in [9.17, 15) is 4.79 Å². The van der Waals surface area contributed by atoms with Crippen LogP contribution >= 0.6 is 11.8 Å². The summed E-state index contributed by atoms with van der Waals surface area (Å²) in [5.41, 5.74) is 0. The summed E-state index contributed by atoms with van der Waals surface area (Å²) in [5, 5.41) is 11.0. The molecule has 1 heterocycles. The summed E-state index contributed by atoms with van der Waals surface area (Å²) >= 11 is 1.47. The number of ether oxygens (including phenoxy) is 1. The van der Waals surface area contributed by atoms with Crippen molar-refractivity contribution in [2.24, 2.45) is 0 Å². The van der Waals surface area contributed by atoms with Gasteiger partial charge in [-0.25, -0.2) is 4.68 Å². The predicted octanol–water partition coefficient (Wildman–Crippen LogP) is 2.31. The summed E-state index contributed by atoms with van der Waals surface area (Å²) < 4.78 is 6.94. The van der Waals surface area contributed by atoms with Gasteiger partial charge in [0.25, 0.3) is 0 Å². The Bertz CT molecular complexity index is 573. The molecule has 2 aromatic rings. The molecule has 0 radical (unpaired) electrons. The molecule has 112 valence electrons. The standard InChI is InChI=1S/C14H18N4O2S/c1-3-9-18-13(15-16-17-18)10-20-14(19)11(2)21-12-7-5-4-6-8-12/h4-8,11H,3,9-10H2,1-2H3. The summed E-state index contributed by atoms with van der Waals surface area (Å²) in [6, 6.07) is 9.77. The molecule has 1 aromatic heterocycles. The van der Waals surface area contributed by atoms with E-state index in [2.05, 4.69) is 15.5 Å². The Morgan fingerprint density at radius 3 is 2.86 bits per heavy atom. The minimum Gasteiger partial charge on any atom is -0.457 e. The van der Waals surface area contributed by atoms with Gasteiger partial charge in [-0.15, -0.1) is 16.9 Å². The van der Waals surface area contributed by atoms with Crippen LogP contribution in [0.15, 0.2) is 35.2 Å². The fourth-order valence-corrected chi connectivity index (χ4v) is 2.60. The molecular formula is C14H18N4O2S. The zero-order valence-corrected chi connectivity index (χ0v) is 12.9. The third-order valence-electron chi connectivity index (χ3n) is 2.77. The lowest BCUT2D eigenvalue weighted by Gasteiger charge is -2.11. The lowest BCUT2D eigenvalue weighted by atomic mass is 10.4. The number of thioether (sulfide) groups is 1. The third kappa shape index (κ3) is 4.56. The van der Waals surface area contributed by atoms with Crippen molar-refractivity contribution < 1.29 is 9.53 Å². The molecule has 0 saturated heterocycles. The fourth-order valence-electron chi connectivity index (χ4n) is 1.72. The molecule has 7 heteroatoms. The van der Waals surface area contributed by atoms with E-state index < -0.39 is 0 Å². The normalized spacial score (nSPS) is 12.1. The molecule has 21 heavy (non-hydrogen) atoms. The molecule has 0 N–H and O–H groups in total. The Morgan fingerprint density at radius 2 is 2.14 bits per heavy atom. The number of tetrazole rings is 1. The molecule has 0 aliphatic rings. The number of carbonyl (C=O) groups excluding carboxylic acids is 1. The van der Waals surface area contributed by atoms with Crippen LogP contribution in [0.1, 0.15) is 26.1 Å². The van der Waals surface area contributed by atoms with Crippen molar-refractivity contribution >= 4 is 17.7 Å². The molecule has 0 spiro atoms. The van der Waals surface area contributed by atoms with Gasteiger partial charge in [0.2, 0.25) is 0 Å². The quantitative estimate of drug-likeness (QED) is 0.577. The van der Waals surface area contributed by atoms with Crippen LogP contribution in [0.3, 0.4) is 0 Å². The number of esters is 1. The first kappa shape index (κ1) is 15.5. The van der Waals surface area contributed by atoms with Crippen molar-refractivity contribution in [3.05, 3.63) is 36.2 Å². The zero-order chi connectivity index (χ0) is 15.1. The highest BCUT2D eigenvalue weighted by Crippen LogP contribution is 2.23. The van der Waals surface area contributed by atoms with Crippen molar-refractivity contribution in [1.29, 1.82) is 0 Å². The summed E-state index contributed by atoms with van der Waals surface area (Å²) in [7, 11) is 0. The number of nitrogens with zero attached hydrogens (tertiary/aromatic N) is 4. The lowest BCUT2D eigenvalue weighted by molar-refractivity contribution is -0.144. The smallest absolute Gasteiger partial charge is 0.319 e. The van der Waals surface area contributed by atoms with Gasteiger partial charge in [-0.1, -0.05) is 25.1 Å². The molecule has 6 nitrogen and oxygen atoms in total. The van der Waals surface area contributed by atoms with Gasteiger partial charge >= 0.3 is 5.97 Å². The van der Waals surface area contributed by atoms with Crippen molar-refractivity contribution in [2.45, 2.75) is 43.6 Å². The molecule has 0 aliphatic carbocycles.